The summed E-state index contributed by atoms with van der Waals surface area (Å²) in [6.45, 7) is 1.52. The van der Waals surface area contributed by atoms with Gasteiger partial charge in [0.2, 0.25) is 0 Å². The highest BCUT2D eigenvalue weighted by molar-refractivity contribution is 6.30. The molecule has 0 unspecified atom stereocenters. The zero-order chi connectivity index (χ0) is 10.6. The Balaban J connectivity index is 2.52. The van der Waals surface area contributed by atoms with Gasteiger partial charge in [0.05, 0.1) is 0 Å². The molecule has 1 atom stereocenters. The number of hydrogen-bond donors (Lipinski definition) is 0. The Kier molecular flexibility index (Phi) is 4.04. The van der Waals surface area contributed by atoms with E-state index in [2.05, 4.69) is 4.74 Å². The summed E-state index contributed by atoms with van der Waals surface area (Å²) in [5.41, 5.74) is -0.713. The fourth-order valence-corrected chi connectivity index (χ4v) is 0.954. The van der Waals surface area contributed by atoms with Gasteiger partial charge in [0, 0.05) is 5.02 Å². The lowest BCUT2D eigenvalue weighted by atomic mass is 10.3. The monoisotopic (exact) mass is 234 g/mol. The van der Waals surface area contributed by atoms with Crippen LogP contribution in [0.1, 0.15) is 6.92 Å². The molecule has 0 radical (unpaired) electrons. The van der Waals surface area contributed by atoms with Crippen molar-refractivity contribution in [1.29, 1.82) is 0 Å². The van der Waals surface area contributed by atoms with Crippen molar-refractivity contribution >= 4 is 29.4 Å². The minimum Gasteiger partial charge on any atom is -0.415 e. The van der Waals surface area contributed by atoms with Gasteiger partial charge < -0.3 is 9.47 Å². The Morgan fingerprint density at radius 3 is 2.43 bits per heavy atom. The third-order valence-corrected chi connectivity index (χ3v) is 1.61. The number of rotatable bonds is 2. The van der Waals surface area contributed by atoms with Gasteiger partial charge in [-0.05, 0) is 31.2 Å². The van der Waals surface area contributed by atoms with Crippen LogP contribution >= 0.6 is 23.2 Å². The number of benzene rings is 1. The molecule has 0 aliphatic carbocycles. The topological polar surface area (TPSA) is 35.5 Å². The molecular weight excluding hydrogens is 227 g/mol. The Labute approximate surface area is 91.5 Å². The predicted molar refractivity (Wildman–Crippen MR) is 53.9 cm³/mol. The molecular formula is C9H8Cl2O3. The van der Waals surface area contributed by atoms with Crippen molar-refractivity contribution in [1.82, 2.24) is 0 Å². The highest BCUT2D eigenvalue weighted by Gasteiger charge is 2.08. The highest BCUT2D eigenvalue weighted by Crippen LogP contribution is 2.16. The van der Waals surface area contributed by atoms with Crippen LogP contribution in [0.4, 0.5) is 4.79 Å². The summed E-state index contributed by atoms with van der Waals surface area (Å²) < 4.78 is 9.33. The molecule has 0 N–H and O–H groups in total. The molecule has 0 bridgehead atoms. The minimum absolute atomic E-state index is 0.358. The number of carbonyl (C=O) groups is 1. The first kappa shape index (κ1) is 11.1. The van der Waals surface area contributed by atoms with Crippen LogP contribution in [-0.4, -0.2) is 11.7 Å². The van der Waals surface area contributed by atoms with Gasteiger partial charge in [0.15, 0.2) is 5.56 Å². The van der Waals surface area contributed by atoms with Gasteiger partial charge in [0.1, 0.15) is 5.75 Å². The summed E-state index contributed by atoms with van der Waals surface area (Å²) in [7, 11) is 0. The van der Waals surface area contributed by atoms with Crippen LogP contribution in [0.5, 0.6) is 5.75 Å². The molecule has 0 aliphatic rings. The van der Waals surface area contributed by atoms with Crippen molar-refractivity contribution < 1.29 is 14.3 Å². The molecule has 0 aromatic heterocycles. The van der Waals surface area contributed by atoms with Crippen LogP contribution in [0.25, 0.3) is 0 Å². The maximum absolute atomic E-state index is 10.9. The molecule has 76 valence electrons. The van der Waals surface area contributed by atoms with Crippen LogP contribution in [0, 0.1) is 0 Å². The molecule has 3 nitrogen and oxygen atoms in total. The number of carbonyl (C=O) groups excluding carboxylic acids is 1. The minimum atomic E-state index is -0.838. The fourth-order valence-electron chi connectivity index (χ4n) is 0.756. The van der Waals surface area contributed by atoms with Crippen LogP contribution in [0.2, 0.25) is 5.02 Å². The van der Waals surface area contributed by atoms with Gasteiger partial charge in [-0.3, -0.25) is 0 Å². The van der Waals surface area contributed by atoms with Crippen LogP contribution in [0.15, 0.2) is 24.3 Å². The number of alkyl halides is 1. The maximum Gasteiger partial charge on any atom is 0.515 e. The Hall–Kier alpha value is -0.930. The number of halogens is 2. The third-order valence-electron chi connectivity index (χ3n) is 1.27. The van der Waals surface area contributed by atoms with Gasteiger partial charge >= 0.3 is 6.16 Å². The largest absolute Gasteiger partial charge is 0.515 e. The van der Waals surface area contributed by atoms with Crippen molar-refractivity contribution in [2.24, 2.45) is 0 Å². The Bertz CT molecular complexity index is 308. The number of ether oxygens (including phenoxy) is 2. The van der Waals surface area contributed by atoms with Crippen molar-refractivity contribution in [3.63, 3.8) is 0 Å². The second-order valence-electron chi connectivity index (χ2n) is 2.47. The lowest BCUT2D eigenvalue weighted by Crippen LogP contribution is -2.14. The molecule has 0 spiro atoms. The predicted octanol–water partition coefficient (Wildman–Crippen LogP) is 3.44. The summed E-state index contributed by atoms with van der Waals surface area (Å²) in [5, 5.41) is 0.566. The van der Waals surface area contributed by atoms with Gasteiger partial charge in [-0.1, -0.05) is 23.2 Å². The first-order valence-corrected chi connectivity index (χ1v) is 4.67. The summed E-state index contributed by atoms with van der Waals surface area (Å²) in [5.74, 6) is 0.358. The summed E-state index contributed by atoms with van der Waals surface area (Å²) in [4.78, 5) is 10.9. The van der Waals surface area contributed by atoms with Gasteiger partial charge in [-0.15, -0.1) is 0 Å². The summed E-state index contributed by atoms with van der Waals surface area (Å²) >= 11 is 11.1. The van der Waals surface area contributed by atoms with E-state index in [1.807, 2.05) is 0 Å². The molecule has 1 aromatic carbocycles. The standard InChI is InChI=1S/C9H8Cl2O3/c1-6(10)13-9(12)14-8-4-2-7(11)3-5-8/h2-6H,1H3/t6-/m0/s1. The van der Waals surface area contributed by atoms with Crippen molar-refractivity contribution in [3.8, 4) is 5.75 Å². The van der Waals surface area contributed by atoms with Gasteiger partial charge in [0.25, 0.3) is 0 Å². The van der Waals surface area contributed by atoms with E-state index in [1.54, 1.807) is 24.3 Å². The summed E-state index contributed by atoms with van der Waals surface area (Å²) in [6.07, 6.45) is -0.838. The molecule has 0 amide bonds. The van der Waals surface area contributed by atoms with E-state index in [0.717, 1.165) is 0 Å². The van der Waals surface area contributed by atoms with Crippen LogP contribution in [-0.2, 0) is 4.74 Å². The smallest absolute Gasteiger partial charge is 0.415 e. The Morgan fingerprint density at radius 2 is 1.93 bits per heavy atom. The van der Waals surface area contributed by atoms with Gasteiger partial charge in [-0.25, -0.2) is 4.79 Å². The van der Waals surface area contributed by atoms with Crippen molar-refractivity contribution in [2.45, 2.75) is 12.5 Å². The van der Waals surface area contributed by atoms with E-state index >= 15 is 0 Å². The molecule has 1 rings (SSSR count). The molecule has 0 saturated carbocycles. The molecule has 14 heavy (non-hydrogen) atoms. The first-order chi connectivity index (χ1) is 6.58. The molecule has 0 fully saturated rings. The van der Waals surface area contributed by atoms with Crippen LogP contribution < -0.4 is 4.74 Å². The Morgan fingerprint density at radius 1 is 1.36 bits per heavy atom. The molecule has 0 saturated heterocycles. The van der Waals surface area contributed by atoms with E-state index in [1.165, 1.54) is 6.92 Å². The van der Waals surface area contributed by atoms with E-state index in [9.17, 15) is 4.79 Å². The van der Waals surface area contributed by atoms with E-state index < -0.39 is 11.7 Å². The first-order valence-electron chi connectivity index (χ1n) is 3.86. The maximum atomic E-state index is 10.9. The van der Waals surface area contributed by atoms with E-state index in [4.69, 9.17) is 27.9 Å². The van der Waals surface area contributed by atoms with Crippen molar-refractivity contribution in [3.05, 3.63) is 29.3 Å². The normalized spacial score (nSPS) is 11.9. The van der Waals surface area contributed by atoms with Crippen LogP contribution in [0.3, 0.4) is 0 Å². The SMILES string of the molecule is C[C@@H](Cl)OC(=O)Oc1ccc(Cl)cc1. The number of hydrogen-bond acceptors (Lipinski definition) is 3. The average molecular weight is 235 g/mol. The van der Waals surface area contributed by atoms with Crippen molar-refractivity contribution in [2.75, 3.05) is 0 Å². The lowest BCUT2D eigenvalue weighted by molar-refractivity contribution is 0.0924. The van der Waals surface area contributed by atoms with Gasteiger partial charge in [-0.2, -0.15) is 0 Å². The molecule has 1 aromatic rings. The fraction of sp³-hybridized carbons (Fsp3) is 0.222. The molecule has 5 heteroatoms. The van der Waals surface area contributed by atoms with E-state index in [0.29, 0.717) is 10.8 Å². The quantitative estimate of drug-likeness (QED) is 0.447. The highest BCUT2D eigenvalue weighted by atomic mass is 35.5. The van der Waals surface area contributed by atoms with E-state index in [-0.39, 0.29) is 0 Å². The summed E-state index contributed by atoms with van der Waals surface area (Å²) in [6, 6.07) is 6.33. The lowest BCUT2D eigenvalue weighted by Gasteiger charge is -2.06. The third kappa shape index (κ3) is 3.85. The second kappa shape index (κ2) is 5.08. The average Bonchev–Trinajstić information content (AvgIpc) is 2.07. The molecule has 0 heterocycles. The second-order valence-corrected chi connectivity index (χ2v) is 3.52. The zero-order valence-corrected chi connectivity index (χ0v) is 8.88. The zero-order valence-electron chi connectivity index (χ0n) is 7.37. The molecule has 0 aliphatic heterocycles.